The fourth-order valence-corrected chi connectivity index (χ4v) is 5.14. The van der Waals surface area contributed by atoms with Crippen molar-refractivity contribution in [2.24, 2.45) is 11.3 Å². The van der Waals surface area contributed by atoms with Crippen LogP contribution in [-0.2, 0) is 9.47 Å². The van der Waals surface area contributed by atoms with Gasteiger partial charge in [-0.15, -0.1) is 0 Å². The van der Waals surface area contributed by atoms with Gasteiger partial charge >= 0.3 is 0 Å². The van der Waals surface area contributed by atoms with E-state index >= 15 is 0 Å². The quantitative estimate of drug-likeness (QED) is 0.810. The maximum absolute atomic E-state index is 6.26. The Hall–Kier alpha value is -0.160. The van der Waals surface area contributed by atoms with Crippen LogP contribution in [0.3, 0.4) is 0 Å². The van der Waals surface area contributed by atoms with Gasteiger partial charge in [-0.1, -0.05) is 6.42 Å². The third-order valence-electron chi connectivity index (χ3n) is 7.24. The SMILES string of the molecule is C1CC(COC2COCCC2NC2CCC3(CCNCC3)CC2)C1. The molecule has 2 N–H and O–H groups in total. The van der Waals surface area contributed by atoms with Gasteiger partial charge in [0, 0.05) is 25.3 Å². The third kappa shape index (κ3) is 4.14. The first kappa shape index (κ1) is 17.3. The van der Waals surface area contributed by atoms with Crippen molar-refractivity contribution in [2.75, 3.05) is 32.9 Å². The number of nitrogens with one attached hydrogen (secondary N) is 2. The lowest BCUT2D eigenvalue weighted by Gasteiger charge is -2.45. The number of hydrogen-bond donors (Lipinski definition) is 2. The first-order valence-electron chi connectivity index (χ1n) is 10.5. The normalized spacial score (nSPS) is 35.0. The van der Waals surface area contributed by atoms with Crippen LogP contribution in [0.1, 0.15) is 64.2 Å². The second kappa shape index (κ2) is 8.03. The number of rotatable bonds is 5. The zero-order valence-electron chi connectivity index (χ0n) is 15.2. The van der Waals surface area contributed by atoms with Crippen molar-refractivity contribution >= 4 is 0 Å². The summed E-state index contributed by atoms with van der Waals surface area (Å²) in [7, 11) is 0. The maximum Gasteiger partial charge on any atom is 0.0961 e. The number of ether oxygens (including phenoxy) is 2. The van der Waals surface area contributed by atoms with E-state index in [2.05, 4.69) is 10.6 Å². The summed E-state index contributed by atoms with van der Waals surface area (Å²) in [5.74, 6) is 0.821. The van der Waals surface area contributed by atoms with E-state index in [9.17, 15) is 0 Å². The summed E-state index contributed by atoms with van der Waals surface area (Å²) in [4.78, 5) is 0. The van der Waals surface area contributed by atoms with Gasteiger partial charge in [0.25, 0.3) is 0 Å². The highest BCUT2D eigenvalue weighted by atomic mass is 16.5. The molecule has 2 saturated heterocycles. The zero-order chi connectivity index (χ0) is 16.2. The molecular weight excluding hydrogens is 300 g/mol. The average Bonchev–Trinajstić information content (AvgIpc) is 2.58. The molecule has 0 aromatic carbocycles. The molecule has 2 heterocycles. The van der Waals surface area contributed by atoms with E-state index < -0.39 is 0 Å². The van der Waals surface area contributed by atoms with Gasteiger partial charge in [-0.2, -0.15) is 0 Å². The summed E-state index contributed by atoms with van der Waals surface area (Å²) < 4.78 is 12.0. The molecule has 2 aliphatic heterocycles. The van der Waals surface area contributed by atoms with Crippen LogP contribution >= 0.6 is 0 Å². The Balaban J connectivity index is 1.24. The smallest absolute Gasteiger partial charge is 0.0961 e. The fraction of sp³-hybridized carbons (Fsp3) is 1.00. The molecule has 0 bridgehead atoms. The summed E-state index contributed by atoms with van der Waals surface area (Å²) in [6.45, 7) is 5.09. The molecule has 4 heteroatoms. The van der Waals surface area contributed by atoms with Crippen molar-refractivity contribution < 1.29 is 9.47 Å². The van der Waals surface area contributed by atoms with Gasteiger partial charge in [0.2, 0.25) is 0 Å². The molecule has 1 spiro atoms. The molecule has 4 fully saturated rings. The molecule has 4 aliphatic rings. The van der Waals surface area contributed by atoms with Crippen LogP contribution in [0.25, 0.3) is 0 Å². The minimum Gasteiger partial charge on any atom is -0.379 e. The molecule has 2 unspecified atom stereocenters. The highest BCUT2D eigenvalue weighted by Gasteiger charge is 2.37. The van der Waals surface area contributed by atoms with Gasteiger partial charge in [0.05, 0.1) is 12.7 Å². The van der Waals surface area contributed by atoms with E-state index in [0.717, 1.165) is 32.2 Å². The van der Waals surface area contributed by atoms with Gasteiger partial charge < -0.3 is 20.1 Å². The Labute approximate surface area is 147 Å². The first-order chi connectivity index (χ1) is 11.8. The van der Waals surface area contributed by atoms with Crippen LogP contribution in [0.5, 0.6) is 0 Å². The van der Waals surface area contributed by atoms with Crippen molar-refractivity contribution in [3.8, 4) is 0 Å². The van der Waals surface area contributed by atoms with Crippen LogP contribution in [-0.4, -0.2) is 51.1 Å². The van der Waals surface area contributed by atoms with Crippen LogP contribution in [0, 0.1) is 11.3 Å². The van der Waals surface area contributed by atoms with E-state index in [0.29, 0.717) is 17.5 Å². The Morgan fingerprint density at radius 2 is 1.79 bits per heavy atom. The zero-order valence-corrected chi connectivity index (χ0v) is 15.2. The summed E-state index contributed by atoms with van der Waals surface area (Å²) >= 11 is 0. The molecule has 0 radical (unpaired) electrons. The fourth-order valence-electron chi connectivity index (χ4n) is 5.14. The average molecular weight is 337 g/mol. The molecule has 138 valence electrons. The Bertz CT molecular complexity index is 383. The monoisotopic (exact) mass is 336 g/mol. The highest BCUT2D eigenvalue weighted by molar-refractivity contribution is 4.93. The van der Waals surface area contributed by atoms with Gasteiger partial charge in [-0.3, -0.25) is 0 Å². The molecule has 2 atom stereocenters. The van der Waals surface area contributed by atoms with Gasteiger partial charge in [0.15, 0.2) is 0 Å². The van der Waals surface area contributed by atoms with Gasteiger partial charge in [-0.05, 0) is 82.2 Å². The predicted octanol–water partition coefficient (Wildman–Crippen LogP) is 2.86. The molecule has 0 aromatic heterocycles. The topological polar surface area (TPSA) is 42.5 Å². The van der Waals surface area contributed by atoms with Gasteiger partial charge in [0.1, 0.15) is 0 Å². The standard InChI is InChI=1S/C20H36N2O2/c1-2-16(3-1)14-24-19-15-23-13-6-18(19)22-17-4-7-20(8-5-17)9-11-21-12-10-20/h16-19,21-22H,1-15H2. The van der Waals surface area contributed by atoms with Crippen LogP contribution < -0.4 is 10.6 Å². The van der Waals surface area contributed by atoms with Crippen molar-refractivity contribution in [1.29, 1.82) is 0 Å². The second-order valence-electron chi connectivity index (χ2n) is 8.83. The Morgan fingerprint density at radius 1 is 1.00 bits per heavy atom. The molecular formula is C20H36N2O2. The van der Waals surface area contributed by atoms with Crippen molar-refractivity contribution in [2.45, 2.75) is 82.4 Å². The van der Waals surface area contributed by atoms with E-state index in [-0.39, 0.29) is 6.10 Å². The maximum atomic E-state index is 6.26. The lowest BCUT2D eigenvalue weighted by atomic mass is 9.67. The highest BCUT2D eigenvalue weighted by Crippen LogP contribution is 2.43. The van der Waals surface area contributed by atoms with Gasteiger partial charge in [-0.25, -0.2) is 0 Å². The molecule has 0 amide bonds. The first-order valence-corrected chi connectivity index (χ1v) is 10.5. The van der Waals surface area contributed by atoms with Crippen LogP contribution in [0.15, 0.2) is 0 Å². The van der Waals surface area contributed by atoms with Crippen molar-refractivity contribution in [1.82, 2.24) is 10.6 Å². The van der Waals surface area contributed by atoms with E-state index in [1.165, 1.54) is 70.9 Å². The summed E-state index contributed by atoms with van der Waals surface area (Å²) in [5.41, 5.74) is 0.666. The minimum absolute atomic E-state index is 0.272. The van der Waals surface area contributed by atoms with E-state index in [1.807, 2.05) is 0 Å². The second-order valence-corrected chi connectivity index (χ2v) is 8.83. The van der Waals surface area contributed by atoms with E-state index in [4.69, 9.17) is 9.47 Å². The van der Waals surface area contributed by atoms with Crippen LogP contribution in [0.2, 0.25) is 0 Å². The lowest BCUT2D eigenvalue weighted by molar-refractivity contribution is -0.0868. The lowest BCUT2D eigenvalue weighted by Crippen LogP contribution is -2.53. The summed E-state index contributed by atoms with van der Waals surface area (Å²) in [6, 6.07) is 1.20. The molecule has 24 heavy (non-hydrogen) atoms. The minimum atomic E-state index is 0.272. The van der Waals surface area contributed by atoms with Crippen molar-refractivity contribution in [3.05, 3.63) is 0 Å². The summed E-state index contributed by atoms with van der Waals surface area (Å²) in [6.07, 6.45) is 13.8. The van der Waals surface area contributed by atoms with E-state index in [1.54, 1.807) is 0 Å². The third-order valence-corrected chi connectivity index (χ3v) is 7.24. The Morgan fingerprint density at radius 3 is 2.50 bits per heavy atom. The summed E-state index contributed by atoms with van der Waals surface area (Å²) in [5, 5.41) is 7.49. The molecule has 0 aromatic rings. The number of piperidine rings is 1. The molecule has 2 aliphatic carbocycles. The predicted molar refractivity (Wildman–Crippen MR) is 96.2 cm³/mol. The largest absolute Gasteiger partial charge is 0.379 e. The molecule has 4 rings (SSSR count). The Kier molecular flexibility index (Phi) is 5.77. The number of hydrogen-bond acceptors (Lipinski definition) is 4. The van der Waals surface area contributed by atoms with Crippen molar-refractivity contribution in [3.63, 3.8) is 0 Å². The van der Waals surface area contributed by atoms with Crippen LogP contribution in [0.4, 0.5) is 0 Å². The molecule has 2 saturated carbocycles. The molecule has 4 nitrogen and oxygen atoms in total.